The zero-order chi connectivity index (χ0) is 13.0. The van der Waals surface area contributed by atoms with E-state index in [4.69, 9.17) is 4.74 Å². The first-order valence-corrected chi connectivity index (χ1v) is 6.46. The van der Waals surface area contributed by atoms with E-state index in [0.29, 0.717) is 0 Å². The second-order valence-electron chi connectivity index (χ2n) is 5.63. The molecule has 100 valence electrons. The van der Waals surface area contributed by atoms with Crippen molar-refractivity contribution in [3.63, 3.8) is 0 Å². The number of nitrogens with one attached hydrogen (secondary N) is 2. The SMILES string of the molecule is CC(C)(C)c1ccc(NCC2CNCCO2)nn1. The van der Waals surface area contributed by atoms with E-state index in [1.54, 1.807) is 0 Å². The third-order valence-electron chi connectivity index (χ3n) is 2.95. The van der Waals surface area contributed by atoms with Crippen molar-refractivity contribution in [2.75, 3.05) is 31.6 Å². The molecule has 1 saturated heterocycles. The Bertz CT molecular complexity index is 366. The maximum atomic E-state index is 5.60. The first-order valence-electron chi connectivity index (χ1n) is 6.46. The largest absolute Gasteiger partial charge is 0.374 e. The molecule has 1 aliphatic rings. The number of ether oxygens (including phenoxy) is 1. The van der Waals surface area contributed by atoms with Crippen LogP contribution < -0.4 is 10.6 Å². The van der Waals surface area contributed by atoms with Gasteiger partial charge in [-0.1, -0.05) is 20.8 Å². The highest BCUT2D eigenvalue weighted by molar-refractivity contribution is 5.34. The molecule has 2 heterocycles. The van der Waals surface area contributed by atoms with E-state index in [1.165, 1.54) is 0 Å². The summed E-state index contributed by atoms with van der Waals surface area (Å²) in [5, 5.41) is 15.0. The van der Waals surface area contributed by atoms with Gasteiger partial charge in [-0.15, -0.1) is 5.10 Å². The highest BCUT2D eigenvalue weighted by atomic mass is 16.5. The topological polar surface area (TPSA) is 59.1 Å². The van der Waals surface area contributed by atoms with Gasteiger partial charge in [-0.3, -0.25) is 0 Å². The van der Waals surface area contributed by atoms with Crippen molar-refractivity contribution in [1.82, 2.24) is 15.5 Å². The van der Waals surface area contributed by atoms with E-state index in [9.17, 15) is 0 Å². The molecule has 0 aliphatic carbocycles. The normalized spacial score (nSPS) is 20.7. The number of hydrogen-bond acceptors (Lipinski definition) is 5. The summed E-state index contributed by atoms with van der Waals surface area (Å²) in [7, 11) is 0. The Hall–Kier alpha value is -1.20. The second-order valence-corrected chi connectivity index (χ2v) is 5.63. The Balaban J connectivity index is 1.86. The summed E-state index contributed by atoms with van der Waals surface area (Å²) < 4.78 is 5.60. The smallest absolute Gasteiger partial charge is 0.148 e. The fourth-order valence-corrected chi connectivity index (χ4v) is 1.80. The maximum Gasteiger partial charge on any atom is 0.148 e. The van der Waals surface area contributed by atoms with E-state index >= 15 is 0 Å². The third kappa shape index (κ3) is 3.65. The van der Waals surface area contributed by atoms with Crippen molar-refractivity contribution in [2.45, 2.75) is 32.3 Å². The van der Waals surface area contributed by atoms with Crippen LogP contribution in [0.2, 0.25) is 0 Å². The number of morpholine rings is 1. The van der Waals surface area contributed by atoms with Gasteiger partial charge in [-0.2, -0.15) is 5.10 Å². The van der Waals surface area contributed by atoms with Crippen LogP contribution in [0.4, 0.5) is 5.82 Å². The lowest BCUT2D eigenvalue weighted by molar-refractivity contribution is 0.0372. The van der Waals surface area contributed by atoms with Crippen LogP contribution >= 0.6 is 0 Å². The standard InChI is InChI=1S/C13H22N4O/c1-13(2,3)11-4-5-12(17-16-11)15-9-10-8-14-6-7-18-10/h4-5,10,14H,6-9H2,1-3H3,(H,15,17). The van der Waals surface area contributed by atoms with E-state index < -0.39 is 0 Å². The van der Waals surface area contributed by atoms with Crippen molar-refractivity contribution in [2.24, 2.45) is 0 Å². The lowest BCUT2D eigenvalue weighted by Gasteiger charge is -2.24. The summed E-state index contributed by atoms with van der Waals surface area (Å²) >= 11 is 0. The summed E-state index contributed by atoms with van der Waals surface area (Å²) in [6.45, 7) is 9.76. The average Bonchev–Trinajstić information content (AvgIpc) is 2.37. The van der Waals surface area contributed by atoms with E-state index in [2.05, 4.69) is 41.6 Å². The molecule has 1 aliphatic heterocycles. The van der Waals surface area contributed by atoms with E-state index in [0.717, 1.165) is 37.8 Å². The van der Waals surface area contributed by atoms with Gasteiger partial charge in [-0.05, 0) is 12.1 Å². The molecule has 1 unspecified atom stereocenters. The molecule has 0 radical (unpaired) electrons. The molecule has 1 fully saturated rings. The van der Waals surface area contributed by atoms with Crippen LogP contribution in [0.1, 0.15) is 26.5 Å². The lowest BCUT2D eigenvalue weighted by atomic mass is 9.92. The molecule has 0 bridgehead atoms. The van der Waals surface area contributed by atoms with Crippen LogP contribution in [0.3, 0.4) is 0 Å². The Labute approximate surface area is 108 Å². The van der Waals surface area contributed by atoms with Crippen LogP contribution in [0.25, 0.3) is 0 Å². The molecule has 0 aromatic carbocycles. The van der Waals surface area contributed by atoms with E-state index in [1.807, 2.05) is 12.1 Å². The number of hydrogen-bond donors (Lipinski definition) is 2. The highest BCUT2D eigenvalue weighted by Crippen LogP contribution is 2.19. The first-order chi connectivity index (χ1) is 8.55. The predicted molar refractivity (Wildman–Crippen MR) is 71.8 cm³/mol. The second kappa shape index (κ2) is 5.63. The van der Waals surface area contributed by atoms with Gasteiger partial charge in [0.25, 0.3) is 0 Å². The van der Waals surface area contributed by atoms with Gasteiger partial charge in [0.2, 0.25) is 0 Å². The molecular formula is C13H22N4O. The fourth-order valence-electron chi connectivity index (χ4n) is 1.80. The van der Waals surface area contributed by atoms with Gasteiger partial charge in [0.1, 0.15) is 5.82 Å². The quantitative estimate of drug-likeness (QED) is 0.843. The maximum absolute atomic E-state index is 5.60. The predicted octanol–water partition coefficient (Wildman–Crippen LogP) is 1.17. The molecule has 2 rings (SSSR count). The summed E-state index contributed by atoms with van der Waals surface area (Å²) in [4.78, 5) is 0. The van der Waals surface area contributed by atoms with Crippen LogP contribution in [0.5, 0.6) is 0 Å². The zero-order valence-electron chi connectivity index (χ0n) is 11.4. The number of nitrogens with zero attached hydrogens (tertiary/aromatic N) is 2. The third-order valence-corrected chi connectivity index (χ3v) is 2.95. The minimum Gasteiger partial charge on any atom is -0.374 e. The molecule has 0 spiro atoms. The van der Waals surface area contributed by atoms with Gasteiger partial charge in [0.05, 0.1) is 18.4 Å². The van der Waals surface area contributed by atoms with Gasteiger partial charge < -0.3 is 15.4 Å². The summed E-state index contributed by atoms with van der Waals surface area (Å²) in [6.07, 6.45) is 0.211. The fraction of sp³-hybridized carbons (Fsp3) is 0.692. The molecule has 18 heavy (non-hydrogen) atoms. The molecular weight excluding hydrogens is 228 g/mol. The summed E-state index contributed by atoms with van der Waals surface area (Å²) in [5.74, 6) is 0.803. The van der Waals surface area contributed by atoms with Crippen molar-refractivity contribution in [1.29, 1.82) is 0 Å². The van der Waals surface area contributed by atoms with Gasteiger partial charge >= 0.3 is 0 Å². The van der Waals surface area contributed by atoms with E-state index in [-0.39, 0.29) is 11.5 Å². The summed E-state index contributed by atoms with van der Waals surface area (Å²) in [6, 6.07) is 4.00. The van der Waals surface area contributed by atoms with Crippen LogP contribution in [0.15, 0.2) is 12.1 Å². The zero-order valence-corrected chi connectivity index (χ0v) is 11.4. The first kappa shape index (κ1) is 13.2. The van der Waals surface area contributed by atoms with Crippen molar-refractivity contribution in [3.8, 4) is 0 Å². The lowest BCUT2D eigenvalue weighted by Crippen LogP contribution is -2.42. The molecule has 0 saturated carbocycles. The minimum atomic E-state index is 0.0436. The Kier molecular flexibility index (Phi) is 4.14. The molecule has 2 N–H and O–H groups in total. The van der Waals surface area contributed by atoms with Crippen molar-refractivity contribution >= 4 is 5.82 Å². The molecule has 5 nitrogen and oxygen atoms in total. The van der Waals surface area contributed by atoms with Crippen molar-refractivity contribution in [3.05, 3.63) is 17.8 Å². The molecule has 1 aromatic rings. The average molecular weight is 250 g/mol. The monoisotopic (exact) mass is 250 g/mol. The van der Waals surface area contributed by atoms with Crippen LogP contribution in [-0.2, 0) is 10.2 Å². The van der Waals surface area contributed by atoms with Crippen LogP contribution in [0, 0.1) is 0 Å². The Morgan fingerprint density at radius 1 is 1.39 bits per heavy atom. The Morgan fingerprint density at radius 2 is 2.22 bits per heavy atom. The van der Waals surface area contributed by atoms with Crippen molar-refractivity contribution < 1.29 is 4.74 Å². The summed E-state index contributed by atoms with van der Waals surface area (Å²) in [5.41, 5.74) is 1.05. The number of aromatic nitrogens is 2. The van der Waals surface area contributed by atoms with Gasteiger partial charge in [0, 0.05) is 25.0 Å². The Morgan fingerprint density at radius 3 is 2.78 bits per heavy atom. The van der Waals surface area contributed by atoms with Gasteiger partial charge in [0.15, 0.2) is 0 Å². The molecule has 5 heteroatoms. The van der Waals surface area contributed by atoms with Gasteiger partial charge in [-0.25, -0.2) is 0 Å². The molecule has 1 aromatic heterocycles. The highest BCUT2D eigenvalue weighted by Gasteiger charge is 2.16. The van der Waals surface area contributed by atoms with Crippen LogP contribution in [-0.4, -0.2) is 42.5 Å². The molecule has 1 atom stereocenters. The minimum absolute atomic E-state index is 0.0436. The number of anilines is 1. The number of rotatable bonds is 3. The molecule has 0 amide bonds.